The molecule has 0 saturated heterocycles. The van der Waals surface area contributed by atoms with E-state index in [0.717, 1.165) is 18.3 Å². The summed E-state index contributed by atoms with van der Waals surface area (Å²) in [6.45, 7) is 1.69. The fourth-order valence-electron chi connectivity index (χ4n) is 1.58. The van der Waals surface area contributed by atoms with E-state index in [0.29, 0.717) is 11.8 Å². The number of rotatable bonds is 3. The maximum absolute atomic E-state index is 13.3. The molecule has 2 rings (SSSR count). The molecule has 0 atom stereocenters. The standard InChI is InChI=1S/C12H10F4N4O/c1-7-6-20(11(17)19-7)18-5-8-2-9(13)4-10(3-8)21-12(14,15)16/h2-6H,1H3,(H2,17,19). The second-order valence-corrected chi connectivity index (χ2v) is 4.10. The van der Waals surface area contributed by atoms with Crippen molar-refractivity contribution in [3.63, 3.8) is 0 Å². The Labute approximate surface area is 116 Å². The van der Waals surface area contributed by atoms with E-state index < -0.39 is 17.9 Å². The molecule has 21 heavy (non-hydrogen) atoms. The summed E-state index contributed by atoms with van der Waals surface area (Å²) in [6, 6.07) is 2.63. The summed E-state index contributed by atoms with van der Waals surface area (Å²) in [4.78, 5) is 3.89. The zero-order valence-electron chi connectivity index (χ0n) is 10.7. The Balaban J connectivity index is 2.26. The molecule has 0 aliphatic heterocycles. The maximum Gasteiger partial charge on any atom is 0.573 e. The first-order chi connectivity index (χ1) is 9.73. The molecule has 0 saturated carbocycles. The molecule has 2 N–H and O–H groups in total. The number of hydrogen-bond acceptors (Lipinski definition) is 4. The Morgan fingerprint density at radius 2 is 2.05 bits per heavy atom. The molecule has 0 bridgehead atoms. The fraction of sp³-hybridized carbons (Fsp3) is 0.167. The third-order valence-electron chi connectivity index (χ3n) is 2.29. The van der Waals surface area contributed by atoms with Crippen molar-refractivity contribution in [1.29, 1.82) is 0 Å². The molecular weight excluding hydrogens is 292 g/mol. The van der Waals surface area contributed by atoms with Gasteiger partial charge < -0.3 is 10.5 Å². The monoisotopic (exact) mass is 302 g/mol. The van der Waals surface area contributed by atoms with Crippen LogP contribution < -0.4 is 10.5 Å². The lowest BCUT2D eigenvalue weighted by Gasteiger charge is -2.09. The Bertz CT molecular complexity index is 678. The van der Waals surface area contributed by atoms with Crippen LogP contribution >= 0.6 is 0 Å². The summed E-state index contributed by atoms with van der Waals surface area (Å²) in [5.41, 5.74) is 6.24. The van der Waals surface area contributed by atoms with Gasteiger partial charge in [-0.2, -0.15) is 5.10 Å². The Hall–Kier alpha value is -2.58. The number of alkyl halides is 3. The molecule has 1 aromatic heterocycles. The average Bonchev–Trinajstić information content (AvgIpc) is 2.62. The van der Waals surface area contributed by atoms with Gasteiger partial charge in [0, 0.05) is 11.6 Å². The lowest BCUT2D eigenvalue weighted by molar-refractivity contribution is -0.274. The average molecular weight is 302 g/mol. The van der Waals surface area contributed by atoms with Crippen LogP contribution in [0.25, 0.3) is 0 Å². The molecule has 0 radical (unpaired) electrons. The number of halogens is 4. The third-order valence-corrected chi connectivity index (χ3v) is 2.29. The number of imidazole rings is 1. The number of aromatic nitrogens is 2. The number of ether oxygens (including phenoxy) is 1. The summed E-state index contributed by atoms with van der Waals surface area (Å²) >= 11 is 0. The summed E-state index contributed by atoms with van der Waals surface area (Å²) in [6.07, 6.45) is -2.24. The van der Waals surface area contributed by atoms with E-state index in [1.54, 1.807) is 6.92 Å². The highest BCUT2D eigenvalue weighted by molar-refractivity contribution is 5.80. The highest BCUT2D eigenvalue weighted by Gasteiger charge is 2.31. The van der Waals surface area contributed by atoms with Gasteiger partial charge in [-0.25, -0.2) is 14.1 Å². The number of nitrogen functional groups attached to an aromatic ring is 1. The zero-order valence-corrected chi connectivity index (χ0v) is 10.7. The van der Waals surface area contributed by atoms with E-state index in [9.17, 15) is 17.6 Å². The van der Waals surface area contributed by atoms with Gasteiger partial charge in [0.25, 0.3) is 0 Å². The summed E-state index contributed by atoms with van der Waals surface area (Å²) < 4.78 is 54.4. The molecule has 1 aromatic carbocycles. The van der Waals surface area contributed by atoms with Crippen molar-refractivity contribution in [2.45, 2.75) is 13.3 Å². The van der Waals surface area contributed by atoms with Crippen LogP contribution in [0.3, 0.4) is 0 Å². The van der Waals surface area contributed by atoms with Crippen molar-refractivity contribution in [2.24, 2.45) is 5.10 Å². The molecule has 1 heterocycles. The van der Waals surface area contributed by atoms with Crippen molar-refractivity contribution in [2.75, 3.05) is 5.73 Å². The molecule has 0 aliphatic carbocycles. The Morgan fingerprint density at radius 3 is 2.62 bits per heavy atom. The summed E-state index contributed by atoms with van der Waals surface area (Å²) in [5, 5.41) is 3.88. The second-order valence-electron chi connectivity index (χ2n) is 4.10. The van der Waals surface area contributed by atoms with Gasteiger partial charge in [-0.1, -0.05) is 0 Å². The van der Waals surface area contributed by atoms with E-state index >= 15 is 0 Å². The van der Waals surface area contributed by atoms with Crippen molar-refractivity contribution < 1.29 is 22.3 Å². The number of hydrogen-bond donors (Lipinski definition) is 1. The molecule has 5 nitrogen and oxygen atoms in total. The van der Waals surface area contributed by atoms with Crippen molar-refractivity contribution in [3.8, 4) is 5.75 Å². The number of anilines is 1. The first kappa shape index (κ1) is 14.8. The van der Waals surface area contributed by atoms with Gasteiger partial charge in [0.1, 0.15) is 11.6 Å². The normalized spacial score (nSPS) is 12.0. The Kier molecular flexibility index (Phi) is 3.83. The smallest absolute Gasteiger partial charge is 0.406 e. The lowest BCUT2D eigenvalue weighted by atomic mass is 10.2. The van der Waals surface area contributed by atoms with E-state index in [2.05, 4.69) is 14.8 Å². The molecule has 9 heteroatoms. The fourth-order valence-corrected chi connectivity index (χ4v) is 1.58. The van der Waals surface area contributed by atoms with Crippen LogP contribution in [0.2, 0.25) is 0 Å². The molecule has 0 fully saturated rings. The van der Waals surface area contributed by atoms with Crippen molar-refractivity contribution >= 4 is 12.2 Å². The van der Waals surface area contributed by atoms with Gasteiger partial charge in [0.15, 0.2) is 0 Å². The van der Waals surface area contributed by atoms with Crippen LogP contribution in [0.15, 0.2) is 29.5 Å². The van der Waals surface area contributed by atoms with E-state index in [1.807, 2.05) is 0 Å². The number of benzene rings is 1. The molecule has 112 valence electrons. The number of nitrogens with two attached hydrogens (primary N) is 1. The maximum atomic E-state index is 13.3. The first-order valence-electron chi connectivity index (χ1n) is 5.65. The minimum atomic E-state index is -4.89. The van der Waals surface area contributed by atoms with E-state index in [-0.39, 0.29) is 11.5 Å². The number of nitrogens with zero attached hydrogens (tertiary/aromatic N) is 3. The van der Waals surface area contributed by atoms with Gasteiger partial charge in [0.05, 0.1) is 18.1 Å². The minimum Gasteiger partial charge on any atom is -0.406 e. The highest BCUT2D eigenvalue weighted by Crippen LogP contribution is 2.24. The SMILES string of the molecule is Cc1cn(N=Cc2cc(F)cc(OC(F)(F)F)c2)c(N)n1. The van der Waals surface area contributed by atoms with Crippen LogP contribution in [-0.4, -0.2) is 22.2 Å². The van der Waals surface area contributed by atoms with E-state index in [1.165, 1.54) is 10.9 Å². The van der Waals surface area contributed by atoms with Gasteiger partial charge in [-0.05, 0) is 19.1 Å². The predicted octanol–water partition coefficient (Wildman–Crippen LogP) is 2.69. The third kappa shape index (κ3) is 4.20. The molecule has 0 aliphatic rings. The van der Waals surface area contributed by atoms with Gasteiger partial charge >= 0.3 is 6.36 Å². The van der Waals surface area contributed by atoms with Crippen LogP contribution in [0.4, 0.5) is 23.5 Å². The molecule has 0 unspecified atom stereocenters. The lowest BCUT2D eigenvalue weighted by Crippen LogP contribution is -2.17. The summed E-state index contributed by atoms with van der Waals surface area (Å²) in [7, 11) is 0. The van der Waals surface area contributed by atoms with Gasteiger partial charge in [-0.3, -0.25) is 0 Å². The molecular formula is C12H10F4N4O. The summed E-state index contributed by atoms with van der Waals surface area (Å²) in [5.74, 6) is -1.45. The molecule has 0 spiro atoms. The van der Waals surface area contributed by atoms with Crippen LogP contribution in [0, 0.1) is 12.7 Å². The van der Waals surface area contributed by atoms with Crippen LogP contribution in [0.5, 0.6) is 5.75 Å². The zero-order chi connectivity index (χ0) is 15.6. The number of aryl methyl sites for hydroxylation is 1. The van der Waals surface area contributed by atoms with Crippen LogP contribution in [0.1, 0.15) is 11.3 Å². The topological polar surface area (TPSA) is 65.4 Å². The molecule has 2 aromatic rings. The predicted molar refractivity (Wildman–Crippen MR) is 67.5 cm³/mol. The van der Waals surface area contributed by atoms with Gasteiger partial charge in [-0.15, -0.1) is 13.2 Å². The first-order valence-corrected chi connectivity index (χ1v) is 5.65. The second kappa shape index (κ2) is 5.43. The van der Waals surface area contributed by atoms with Crippen LogP contribution in [-0.2, 0) is 0 Å². The van der Waals surface area contributed by atoms with Gasteiger partial charge in [0.2, 0.25) is 5.95 Å². The Morgan fingerprint density at radius 1 is 1.33 bits per heavy atom. The quantitative estimate of drug-likeness (QED) is 0.700. The highest BCUT2D eigenvalue weighted by atomic mass is 19.4. The molecule has 0 amide bonds. The largest absolute Gasteiger partial charge is 0.573 e. The van der Waals surface area contributed by atoms with Crippen molar-refractivity contribution in [3.05, 3.63) is 41.5 Å². The minimum absolute atomic E-state index is 0.0833. The van der Waals surface area contributed by atoms with Crippen molar-refractivity contribution in [1.82, 2.24) is 9.66 Å². The van der Waals surface area contributed by atoms with E-state index in [4.69, 9.17) is 5.73 Å².